The van der Waals surface area contributed by atoms with Crippen molar-refractivity contribution < 1.29 is 38.1 Å². The lowest BCUT2D eigenvalue weighted by atomic mass is 9.80. The molecule has 4 rings (SSSR count). The number of hydrogen-bond acceptors (Lipinski definition) is 8. The highest BCUT2D eigenvalue weighted by Gasteiger charge is 2.42. The third kappa shape index (κ3) is 8.16. The van der Waals surface area contributed by atoms with Crippen molar-refractivity contribution in [3.8, 4) is 11.5 Å². The molecule has 2 aromatic rings. The summed E-state index contributed by atoms with van der Waals surface area (Å²) in [5.41, 5.74) is -1.06. The molecule has 4 atom stereocenters. The summed E-state index contributed by atoms with van der Waals surface area (Å²) in [6.07, 6.45) is 3.88. The van der Waals surface area contributed by atoms with E-state index in [4.69, 9.17) is 88.6 Å². The zero-order valence-electron chi connectivity index (χ0n) is 27.2. The molecule has 0 N–H and O–H groups in total. The second-order valence-electron chi connectivity index (χ2n) is 13.9. The average Bonchev–Trinajstić information content (AvgIpc) is 3.42. The van der Waals surface area contributed by atoms with Gasteiger partial charge in [0.25, 0.3) is 0 Å². The number of halogens is 6. The molecule has 2 aromatic carbocycles. The topological polar surface area (TPSA) is 105 Å². The van der Waals surface area contributed by atoms with Gasteiger partial charge >= 0.3 is 23.9 Å². The minimum absolute atomic E-state index is 0.0562. The van der Waals surface area contributed by atoms with Crippen molar-refractivity contribution in [2.24, 2.45) is 34.5 Å². The molecule has 0 aliphatic heterocycles. The van der Waals surface area contributed by atoms with Crippen LogP contribution in [0.4, 0.5) is 0 Å². The highest BCUT2D eigenvalue weighted by Crippen LogP contribution is 2.48. The Kier molecular flexibility index (Phi) is 12.2. The van der Waals surface area contributed by atoms with Crippen molar-refractivity contribution in [3.05, 3.63) is 53.4 Å². The van der Waals surface area contributed by atoms with Crippen LogP contribution in [0.25, 0.3) is 0 Å². The lowest BCUT2D eigenvalue weighted by Crippen LogP contribution is -2.29. The van der Waals surface area contributed by atoms with Gasteiger partial charge in [-0.25, -0.2) is 19.2 Å². The number of esters is 4. The van der Waals surface area contributed by atoms with Gasteiger partial charge in [-0.1, -0.05) is 111 Å². The Bertz CT molecular complexity index is 1520. The van der Waals surface area contributed by atoms with Gasteiger partial charge in [-0.15, -0.1) is 0 Å². The monoisotopic (exact) mass is 782 g/mol. The first kappa shape index (κ1) is 38.9. The van der Waals surface area contributed by atoms with Crippen LogP contribution < -0.4 is 9.47 Å². The number of carbonyl (C=O) groups excluding carboxylic acids is 4. The fourth-order valence-electron chi connectivity index (χ4n) is 6.76. The molecule has 2 saturated carbocycles. The first-order valence-electron chi connectivity index (χ1n) is 15.4. The Balaban J connectivity index is 1.56. The molecule has 0 heterocycles. The third-order valence-corrected chi connectivity index (χ3v) is 12.0. The first-order valence-corrected chi connectivity index (χ1v) is 17.7. The molecule has 0 amide bonds. The summed E-state index contributed by atoms with van der Waals surface area (Å²) in [6.45, 7) is 12.7. The molecule has 0 radical (unpaired) electrons. The number of ether oxygens (including phenoxy) is 4. The maximum atomic E-state index is 13.3. The van der Waals surface area contributed by atoms with Gasteiger partial charge in [0, 0.05) is 11.8 Å². The molecule has 0 bridgehead atoms. The smallest absolute Gasteiger partial charge is 0.423 e. The van der Waals surface area contributed by atoms with Crippen LogP contribution in [0, 0.1) is 34.5 Å². The largest absolute Gasteiger partial charge is 0.462 e. The van der Waals surface area contributed by atoms with Crippen molar-refractivity contribution in [1.82, 2.24) is 0 Å². The van der Waals surface area contributed by atoms with E-state index in [0.29, 0.717) is 11.8 Å². The highest BCUT2D eigenvalue weighted by molar-refractivity contribution is 6.47. The molecule has 48 heavy (non-hydrogen) atoms. The second-order valence-corrected chi connectivity index (χ2v) is 16.3. The summed E-state index contributed by atoms with van der Waals surface area (Å²) in [6, 6.07) is 2.27. The van der Waals surface area contributed by atoms with Crippen LogP contribution in [0.15, 0.2) is 12.1 Å². The fourth-order valence-corrected chi connectivity index (χ4v) is 8.20. The summed E-state index contributed by atoms with van der Waals surface area (Å²) in [4.78, 5) is 52.8. The molecular weight excluding hydrogens is 749 g/mol. The molecule has 2 aliphatic carbocycles. The summed E-state index contributed by atoms with van der Waals surface area (Å²) >= 11 is 37.7. The summed E-state index contributed by atoms with van der Waals surface area (Å²) in [5.74, 6) is -5.66. The van der Waals surface area contributed by atoms with Crippen molar-refractivity contribution in [3.63, 3.8) is 0 Å². The quantitative estimate of drug-likeness (QED) is 0.113. The maximum absolute atomic E-state index is 13.3. The third-order valence-electron chi connectivity index (χ3n) is 9.87. The van der Waals surface area contributed by atoms with Crippen molar-refractivity contribution in [1.29, 1.82) is 0 Å². The number of rotatable bonds is 8. The van der Waals surface area contributed by atoms with Gasteiger partial charge in [0.05, 0.1) is 43.3 Å². The van der Waals surface area contributed by atoms with Gasteiger partial charge in [0.1, 0.15) is 11.1 Å². The lowest BCUT2D eigenvalue weighted by molar-refractivity contribution is -0.156. The van der Waals surface area contributed by atoms with Crippen LogP contribution >= 0.6 is 69.6 Å². The Hall–Kier alpha value is -1.94. The second kappa shape index (κ2) is 15.1. The van der Waals surface area contributed by atoms with Gasteiger partial charge in [0.15, 0.2) is 11.5 Å². The zero-order chi connectivity index (χ0) is 35.9. The van der Waals surface area contributed by atoms with Crippen LogP contribution in [0.2, 0.25) is 30.1 Å². The average molecular weight is 785 g/mol. The predicted octanol–water partition coefficient (Wildman–Crippen LogP) is 10.6. The van der Waals surface area contributed by atoms with E-state index in [1.807, 2.05) is 0 Å². The molecule has 0 spiro atoms. The molecule has 0 aromatic heterocycles. The van der Waals surface area contributed by atoms with Gasteiger partial charge in [-0.3, -0.25) is 0 Å². The van der Waals surface area contributed by atoms with E-state index >= 15 is 0 Å². The van der Waals surface area contributed by atoms with Gasteiger partial charge in [0.2, 0.25) is 0 Å². The Morgan fingerprint density at radius 3 is 1.25 bits per heavy atom. The minimum atomic E-state index is -1.64. The summed E-state index contributed by atoms with van der Waals surface area (Å²) in [5, 5.41) is -1.48. The van der Waals surface area contributed by atoms with E-state index in [0.717, 1.165) is 37.8 Å². The molecule has 0 saturated heterocycles. The van der Waals surface area contributed by atoms with E-state index in [1.165, 1.54) is 0 Å². The SMILES string of the molecule is CC1CCC(C)(C)C1COC(=O)c1c(Cl)c(Cl)cc(Cl)c1OC(=O)C(=O)Oc1c(Cl)cc(Cl)c(Cl)c1C(=O)OCC1C(C)CCC1(C)C. The lowest BCUT2D eigenvalue weighted by Gasteiger charge is -2.29. The standard InChI is InChI=1S/C34H36Cl6O8/c1-15-7-9-33(3,4)17(15)13-45-29(41)23-25(39)19(35)11-21(37)27(23)47-31(43)32(44)48-28-22(38)12-20(36)26(40)24(28)30(42)46-14-18-16(2)8-10-34(18,5)6/h11-12,15-18H,7-10,13-14H2,1-6H3. The Morgan fingerprint density at radius 1 is 0.625 bits per heavy atom. The first-order chi connectivity index (χ1) is 22.3. The van der Waals surface area contributed by atoms with Gasteiger partial charge in [-0.2, -0.15) is 0 Å². The number of benzene rings is 2. The van der Waals surface area contributed by atoms with Gasteiger partial charge < -0.3 is 18.9 Å². The van der Waals surface area contributed by atoms with Crippen molar-refractivity contribution in [2.45, 2.75) is 67.2 Å². The summed E-state index contributed by atoms with van der Waals surface area (Å²) in [7, 11) is 0. The maximum Gasteiger partial charge on any atom is 0.423 e. The molecule has 2 fully saturated rings. The summed E-state index contributed by atoms with van der Waals surface area (Å²) < 4.78 is 21.7. The Morgan fingerprint density at radius 2 is 0.958 bits per heavy atom. The molecule has 2 aliphatic rings. The van der Waals surface area contributed by atoms with E-state index in [-0.39, 0.29) is 66.0 Å². The molecule has 4 unspecified atom stereocenters. The van der Waals surface area contributed by atoms with E-state index < -0.39 is 46.5 Å². The predicted molar refractivity (Wildman–Crippen MR) is 186 cm³/mol. The highest BCUT2D eigenvalue weighted by atomic mass is 35.5. The van der Waals surface area contributed by atoms with E-state index in [1.54, 1.807) is 0 Å². The van der Waals surface area contributed by atoms with Crippen LogP contribution in [0.3, 0.4) is 0 Å². The molecule has 262 valence electrons. The van der Waals surface area contributed by atoms with Crippen molar-refractivity contribution >= 4 is 93.5 Å². The number of hydrogen-bond donors (Lipinski definition) is 0. The number of carbonyl (C=O) groups is 4. The minimum Gasteiger partial charge on any atom is -0.462 e. The van der Waals surface area contributed by atoms with Crippen LogP contribution in [0.1, 0.15) is 87.9 Å². The molecule has 14 heteroatoms. The fraction of sp³-hybridized carbons (Fsp3) is 0.529. The van der Waals surface area contributed by atoms with Crippen LogP contribution in [0.5, 0.6) is 11.5 Å². The van der Waals surface area contributed by atoms with Crippen LogP contribution in [-0.4, -0.2) is 37.1 Å². The van der Waals surface area contributed by atoms with Crippen molar-refractivity contribution in [2.75, 3.05) is 13.2 Å². The van der Waals surface area contributed by atoms with Gasteiger partial charge in [-0.05, 0) is 60.5 Å². The van der Waals surface area contributed by atoms with Crippen LogP contribution in [-0.2, 0) is 19.1 Å². The zero-order valence-corrected chi connectivity index (χ0v) is 31.8. The Labute approximate surface area is 309 Å². The normalized spacial score (nSPS) is 22.7. The molecular formula is C34H36Cl6O8. The molecule has 8 nitrogen and oxygen atoms in total. The van der Waals surface area contributed by atoms with E-state index in [9.17, 15) is 19.2 Å². The van der Waals surface area contributed by atoms with E-state index in [2.05, 4.69) is 41.5 Å².